The Hall–Kier alpha value is -3.00. The summed E-state index contributed by atoms with van der Waals surface area (Å²) in [5, 5.41) is 12.7. The van der Waals surface area contributed by atoms with E-state index in [-0.39, 0.29) is 12.1 Å². The number of benzene rings is 1. The Kier molecular flexibility index (Phi) is 9.59. The van der Waals surface area contributed by atoms with Gasteiger partial charge in [-0.05, 0) is 102 Å². The van der Waals surface area contributed by atoms with Crippen LogP contribution in [0.3, 0.4) is 0 Å². The van der Waals surface area contributed by atoms with Crippen molar-refractivity contribution in [3.63, 3.8) is 0 Å². The molecule has 0 bridgehead atoms. The Labute approximate surface area is 232 Å². The molecule has 3 aliphatic carbocycles. The molecule has 1 aromatic carbocycles. The van der Waals surface area contributed by atoms with Crippen molar-refractivity contribution in [2.75, 3.05) is 26.4 Å². The second kappa shape index (κ2) is 12.9. The molecule has 3 aliphatic rings. The minimum atomic E-state index is -1.20. The average molecular weight is 541 g/mol. The molecule has 0 saturated heterocycles. The van der Waals surface area contributed by atoms with Crippen LogP contribution in [0, 0.1) is 0 Å². The highest BCUT2D eigenvalue weighted by Gasteiger charge is 2.46. The molecule has 2 amide bonds. The molecular weight excluding hydrogens is 496 g/mol. The number of carboxylic acid groups (broad SMARTS) is 1. The summed E-state index contributed by atoms with van der Waals surface area (Å²) in [5.41, 5.74) is 2.02. The number of carbonyl (C=O) groups is 2. The molecule has 0 aromatic heterocycles. The van der Waals surface area contributed by atoms with Gasteiger partial charge in [0.25, 0.3) is 0 Å². The number of nitrogens with one attached hydrogen (secondary N) is 1. The lowest BCUT2D eigenvalue weighted by Gasteiger charge is -2.41. The Bertz CT molecular complexity index is 1060. The van der Waals surface area contributed by atoms with Crippen LogP contribution in [-0.4, -0.2) is 60.0 Å². The fourth-order valence-electron chi connectivity index (χ4n) is 5.43. The molecule has 0 spiro atoms. The number of carbonyl (C=O) groups excluding carboxylic acids is 1. The quantitative estimate of drug-likeness (QED) is 0.295. The van der Waals surface area contributed by atoms with Gasteiger partial charge in [-0.2, -0.15) is 0 Å². The predicted octanol–water partition coefficient (Wildman–Crippen LogP) is 6.12. The van der Waals surface area contributed by atoms with E-state index in [9.17, 15) is 14.7 Å². The Balaban J connectivity index is 1.58. The van der Waals surface area contributed by atoms with E-state index in [1.54, 1.807) is 4.90 Å². The molecule has 214 valence electrons. The zero-order chi connectivity index (χ0) is 28.0. The van der Waals surface area contributed by atoms with Gasteiger partial charge in [-0.15, -0.1) is 0 Å². The highest BCUT2D eigenvalue weighted by molar-refractivity contribution is 5.87. The van der Waals surface area contributed by atoms with Crippen LogP contribution in [0.5, 0.6) is 11.5 Å². The lowest BCUT2D eigenvalue weighted by atomic mass is 9.77. The van der Waals surface area contributed by atoms with Gasteiger partial charge in [-0.25, -0.2) is 9.59 Å². The molecule has 4 rings (SSSR count). The van der Waals surface area contributed by atoms with Gasteiger partial charge in [0.2, 0.25) is 0 Å². The summed E-state index contributed by atoms with van der Waals surface area (Å²) in [6.07, 6.45) is 12.1. The Morgan fingerprint density at radius 3 is 2.28 bits per heavy atom. The molecule has 0 unspecified atom stereocenters. The minimum Gasteiger partial charge on any atom is -0.493 e. The maximum atomic E-state index is 13.7. The number of nitrogens with zero attached hydrogens (tertiary/aromatic N) is 1. The van der Waals surface area contributed by atoms with Crippen LogP contribution >= 0.6 is 0 Å². The first kappa shape index (κ1) is 29.0. The summed E-state index contributed by atoms with van der Waals surface area (Å²) in [6.45, 7) is 9.64. The van der Waals surface area contributed by atoms with Gasteiger partial charge >= 0.3 is 12.0 Å². The summed E-state index contributed by atoms with van der Waals surface area (Å²) >= 11 is 0. The maximum absolute atomic E-state index is 13.7. The number of rotatable bonds is 14. The summed E-state index contributed by atoms with van der Waals surface area (Å²) in [5.74, 6) is 1.06. The van der Waals surface area contributed by atoms with Crippen molar-refractivity contribution in [3.05, 3.63) is 47.1 Å². The molecule has 2 saturated carbocycles. The summed E-state index contributed by atoms with van der Waals surface area (Å²) < 4.78 is 18.3. The second-order valence-electron chi connectivity index (χ2n) is 10.8. The third kappa shape index (κ3) is 6.78. The number of aliphatic carboxylic acids is 1. The first-order valence-corrected chi connectivity index (χ1v) is 14.5. The number of ether oxygens (including phenoxy) is 3. The van der Waals surface area contributed by atoms with Gasteiger partial charge in [-0.3, -0.25) is 0 Å². The average Bonchev–Trinajstić information content (AvgIpc) is 3.74. The van der Waals surface area contributed by atoms with Crippen LogP contribution in [0.1, 0.15) is 95.7 Å². The Morgan fingerprint density at radius 2 is 1.79 bits per heavy atom. The third-order valence-electron chi connectivity index (χ3n) is 8.15. The van der Waals surface area contributed by atoms with E-state index in [4.69, 9.17) is 14.2 Å². The van der Waals surface area contributed by atoms with Crippen LogP contribution in [0.4, 0.5) is 4.79 Å². The molecule has 0 aliphatic heterocycles. The third-order valence-corrected chi connectivity index (χ3v) is 8.15. The zero-order valence-corrected chi connectivity index (χ0v) is 23.8. The van der Waals surface area contributed by atoms with Gasteiger partial charge in [-0.1, -0.05) is 18.2 Å². The number of hydrogen-bond acceptors (Lipinski definition) is 5. The van der Waals surface area contributed by atoms with E-state index < -0.39 is 17.5 Å². The van der Waals surface area contributed by atoms with Crippen molar-refractivity contribution in [2.24, 2.45) is 0 Å². The fraction of sp³-hybridized carbons (Fsp3) is 0.613. The number of amides is 2. The summed E-state index contributed by atoms with van der Waals surface area (Å²) in [4.78, 5) is 27.4. The van der Waals surface area contributed by atoms with E-state index in [1.807, 2.05) is 39.8 Å². The van der Waals surface area contributed by atoms with E-state index >= 15 is 0 Å². The highest BCUT2D eigenvalue weighted by Crippen LogP contribution is 2.50. The monoisotopic (exact) mass is 540 g/mol. The summed E-state index contributed by atoms with van der Waals surface area (Å²) in [7, 11) is 0. The molecule has 1 aromatic rings. The minimum absolute atomic E-state index is 0.0564. The zero-order valence-electron chi connectivity index (χ0n) is 23.8. The van der Waals surface area contributed by atoms with Crippen LogP contribution in [0.2, 0.25) is 0 Å². The van der Waals surface area contributed by atoms with Crippen molar-refractivity contribution >= 4 is 12.0 Å². The van der Waals surface area contributed by atoms with Crippen molar-refractivity contribution in [3.8, 4) is 11.5 Å². The van der Waals surface area contributed by atoms with Crippen LogP contribution in [-0.2, 0) is 9.53 Å². The number of allylic oxidation sites excluding steroid dienone is 3. The first-order chi connectivity index (χ1) is 18.8. The van der Waals surface area contributed by atoms with Gasteiger partial charge in [0.1, 0.15) is 17.0 Å². The molecule has 8 heteroatoms. The molecule has 0 radical (unpaired) electrons. The molecule has 2 N–H and O–H groups in total. The van der Waals surface area contributed by atoms with Gasteiger partial charge in [0.15, 0.2) is 0 Å². The lowest BCUT2D eigenvalue weighted by molar-refractivity contribution is -0.148. The fourth-order valence-corrected chi connectivity index (χ4v) is 5.43. The van der Waals surface area contributed by atoms with Crippen LogP contribution in [0.25, 0.3) is 0 Å². The highest BCUT2D eigenvalue weighted by atomic mass is 16.5. The SMILES string of the molecule is CCOc1cc([C@@H](C)N(CCO[C@@H](C)C2=CC=CCC2)C(=O)NC2(C(=O)O)CCC2)cc(OCC)c1C1CC1. The smallest absolute Gasteiger partial charge is 0.329 e. The largest absolute Gasteiger partial charge is 0.493 e. The molecule has 39 heavy (non-hydrogen) atoms. The van der Waals surface area contributed by atoms with E-state index in [2.05, 4.69) is 23.5 Å². The molecular formula is C31H44N2O6. The predicted molar refractivity (Wildman–Crippen MR) is 150 cm³/mol. The number of urea groups is 1. The lowest BCUT2D eigenvalue weighted by Crippen LogP contribution is -2.62. The van der Waals surface area contributed by atoms with Gasteiger partial charge in [0.05, 0.1) is 32.0 Å². The number of hydrogen-bond donors (Lipinski definition) is 2. The van der Waals surface area contributed by atoms with E-state index in [0.29, 0.717) is 45.1 Å². The van der Waals surface area contributed by atoms with Crippen molar-refractivity contribution < 1.29 is 28.9 Å². The van der Waals surface area contributed by atoms with Crippen molar-refractivity contribution in [1.82, 2.24) is 10.2 Å². The van der Waals surface area contributed by atoms with Crippen LogP contribution in [0.15, 0.2) is 35.9 Å². The normalized spacial score (nSPS) is 19.3. The standard InChI is InChI=1S/C31H44N2O6/c1-5-37-26-19-25(20-27(38-6-2)28(26)24-13-14-24)21(3)33(30(36)32-31(29(34)35)15-10-16-31)17-18-39-22(4)23-11-8-7-9-12-23/h7-8,11,19-22,24H,5-6,9-10,12-18H2,1-4H3,(H,32,36)(H,34,35)/t21-,22+/m1/s1. The van der Waals surface area contributed by atoms with Gasteiger partial charge in [0, 0.05) is 12.1 Å². The maximum Gasteiger partial charge on any atom is 0.329 e. The first-order valence-electron chi connectivity index (χ1n) is 14.5. The van der Waals surface area contributed by atoms with E-state index in [1.165, 1.54) is 5.57 Å². The number of carboxylic acids is 1. The molecule has 2 fully saturated rings. The topological polar surface area (TPSA) is 97.3 Å². The molecule has 8 nitrogen and oxygen atoms in total. The summed E-state index contributed by atoms with van der Waals surface area (Å²) in [6, 6.07) is 3.27. The van der Waals surface area contributed by atoms with Crippen LogP contribution < -0.4 is 14.8 Å². The molecule has 2 atom stereocenters. The van der Waals surface area contributed by atoms with Gasteiger partial charge < -0.3 is 29.5 Å². The van der Waals surface area contributed by atoms with E-state index in [0.717, 1.165) is 54.7 Å². The van der Waals surface area contributed by atoms with Crippen molar-refractivity contribution in [1.29, 1.82) is 0 Å². The molecule has 0 heterocycles. The second-order valence-corrected chi connectivity index (χ2v) is 10.8. The van der Waals surface area contributed by atoms with Crippen molar-refractivity contribution in [2.45, 2.75) is 96.2 Å². The Morgan fingerprint density at radius 1 is 1.13 bits per heavy atom.